The van der Waals surface area contributed by atoms with Crippen molar-refractivity contribution in [2.24, 2.45) is 4.99 Å². The van der Waals surface area contributed by atoms with Crippen LogP contribution in [0.15, 0.2) is 51.8 Å². The van der Waals surface area contributed by atoms with Crippen LogP contribution in [0.2, 0.25) is 10.0 Å². The van der Waals surface area contributed by atoms with E-state index >= 15 is 0 Å². The van der Waals surface area contributed by atoms with Crippen LogP contribution >= 0.6 is 23.2 Å². The number of aliphatic imine (C=N–C) groups is 1. The highest BCUT2D eigenvalue weighted by Crippen LogP contribution is 2.49. The van der Waals surface area contributed by atoms with E-state index in [4.69, 9.17) is 23.2 Å². The van der Waals surface area contributed by atoms with E-state index in [1.165, 1.54) is 12.1 Å². The summed E-state index contributed by atoms with van der Waals surface area (Å²) in [5.74, 6) is -1.50. The van der Waals surface area contributed by atoms with E-state index in [1.807, 2.05) is 0 Å². The number of carbonyl (C=O) groups is 1. The molecule has 194 valence electrons. The Labute approximate surface area is 219 Å². The standard InChI is InChI=1S/C25H18Cl2F4N2O3S/c26-19-8-13(9-20(27)22(19)28)24(25(29,30)31)10-21(32-12-24)17-4-5-18(16-3-1-2-15(16)17)23(34)33-14-6-7-37(35,36)11-14/h4-9,11H,1-3,10,12H2,(H,33,34). The van der Waals surface area contributed by atoms with Gasteiger partial charge < -0.3 is 5.32 Å². The maximum Gasteiger partial charge on any atom is 0.400 e. The molecule has 1 aliphatic carbocycles. The Morgan fingerprint density at radius 1 is 1.08 bits per heavy atom. The lowest BCUT2D eigenvalue weighted by Crippen LogP contribution is -2.44. The predicted octanol–water partition coefficient (Wildman–Crippen LogP) is 5.83. The monoisotopic (exact) mass is 572 g/mol. The Morgan fingerprint density at radius 2 is 1.76 bits per heavy atom. The average Bonchev–Trinajstić information content (AvgIpc) is 3.54. The quantitative estimate of drug-likeness (QED) is 0.370. The number of rotatable bonds is 4. The molecule has 0 bridgehead atoms. The van der Waals surface area contributed by atoms with E-state index in [2.05, 4.69) is 10.3 Å². The van der Waals surface area contributed by atoms with Crippen LogP contribution in [0.25, 0.3) is 0 Å². The van der Waals surface area contributed by atoms with Crippen molar-refractivity contribution < 1.29 is 30.8 Å². The Morgan fingerprint density at radius 3 is 2.38 bits per heavy atom. The van der Waals surface area contributed by atoms with Crippen molar-refractivity contribution in [3.05, 3.63) is 90.5 Å². The molecule has 2 aliphatic heterocycles. The lowest BCUT2D eigenvalue weighted by molar-refractivity contribution is -0.183. The van der Waals surface area contributed by atoms with Crippen molar-refractivity contribution in [2.75, 3.05) is 6.54 Å². The third-order valence-electron chi connectivity index (χ3n) is 6.91. The summed E-state index contributed by atoms with van der Waals surface area (Å²) in [7, 11) is -3.51. The third-order valence-corrected chi connectivity index (χ3v) is 8.56. The molecule has 12 heteroatoms. The van der Waals surface area contributed by atoms with Gasteiger partial charge in [-0.05, 0) is 65.8 Å². The van der Waals surface area contributed by atoms with Gasteiger partial charge in [0.05, 0.1) is 27.7 Å². The SMILES string of the molecule is O=C(NC1=CS(=O)(=O)C=C1)c1ccc(C2=NCC(c3cc(Cl)c(F)c(Cl)c3)(C(F)(F)F)C2)c2c1CCC2. The first-order valence-corrected chi connectivity index (χ1v) is 13.5. The number of hydrogen-bond acceptors (Lipinski definition) is 4. The van der Waals surface area contributed by atoms with E-state index in [0.29, 0.717) is 36.0 Å². The zero-order valence-corrected chi connectivity index (χ0v) is 21.3. The Hall–Kier alpha value is -2.69. The minimum Gasteiger partial charge on any atom is -0.321 e. The molecule has 5 rings (SSSR count). The number of fused-ring (bicyclic) bond motifs is 1. The van der Waals surface area contributed by atoms with Crippen molar-refractivity contribution in [3.63, 3.8) is 0 Å². The number of hydrogen-bond donors (Lipinski definition) is 1. The second-order valence-electron chi connectivity index (χ2n) is 9.16. The van der Waals surface area contributed by atoms with E-state index in [1.54, 1.807) is 6.07 Å². The number of nitrogens with one attached hydrogen (secondary N) is 1. The smallest absolute Gasteiger partial charge is 0.321 e. The molecule has 1 unspecified atom stereocenters. The normalized spacial score (nSPS) is 22.1. The van der Waals surface area contributed by atoms with Crippen LogP contribution in [0.3, 0.4) is 0 Å². The van der Waals surface area contributed by atoms with E-state index in [9.17, 15) is 30.8 Å². The number of allylic oxidation sites excluding steroid dienone is 1. The van der Waals surface area contributed by atoms with Gasteiger partial charge in [0.15, 0.2) is 15.7 Å². The molecule has 1 amide bonds. The summed E-state index contributed by atoms with van der Waals surface area (Å²) in [5, 5.41) is 3.47. The van der Waals surface area contributed by atoms with Gasteiger partial charge >= 0.3 is 6.18 Å². The fraction of sp³-hybridized carbons (Fsp3) is 0.280. The number of carbonyl (C=O) groups excluding carboxylic acids is 1. The first-order chi connectivity index (χ1) is 17.3. The number of nitrogens with zero attached hydrogens (tertiary/aromatic N) is 1. The molecule has 0 aromatic heterocycles. The molecule has 1 atom stereocenters. The van der Waals surface area contributed by atoms with Gasteiger partial charge in [0.25, 0.3) is 5.91 Å². The summed E-state index contributed by atoms with van der Waals surface area (Å²) in [6.07, 6.45) is -2.16. The zero-order chi connectivity index (χ0) is 26.8. The van der Waals surface area contributed by atoms with Crippen molar-refractivity contribution in [3.8, 4) is 0 Å². The Bertz CT molecular complexity index is 1520. The van der Waals surface area contributed by atoms with Gasteiger partial charge in [0, 0.05) is 23.1 Å². The highest BCUT2D eigenvalue weighted by Gasteiger charge is 2.59. The maximum atomic E-state index is 14.5. The van der Waals surface area contributed by atoms with Crippen LogP contribution in [0, 0.1) is 5.82 Å². The van der Waals surface area contributed by atoms with Gasteiger partial charge in [-0.2, -0.15) is 13.2 Å². The molecular formula is C25H18Cl2F4N2O3S. The Kier molecular flexibility index (Phi) is 6.28. The molecule has 37 heavy (non-hydrogen) atoms. The molecule has 0 saturated carbocycles. The fourth-order valence-electron chi connectivity index (χ4n) is 5.07. The first kappa shape index (κ1) is 25.9. The van der Waals surface area contributed by atoms with Crippen LogP contribution in [0.5, 0.6) is 0 Å². The molecule has 2 aromatic rings. The number of amides is 1. The van der Waals surface area contributed by atoms with E-state index in [0.717, 1.165) is 28.5 Å². The molecule has 0 radical (unpaired) electrons. The molecule has 0 fully saturated rings. The summed E-state index contributed by atoms with van der Waals surface area (Å²) in [6, 6.07) is 4.98. The topological polar surface area (TPSA) is 75.6 Å². The fourth-order valence-corrected chi connectivity index (χ4v) is 6.46. The Balaban J connectivity index is 1.49. The highest BCUT2D eigenvalue weighted by atomic mass is 35.5. The lowest BCUT2D eigenvalue weighted by atomic mass is 9.76. The summed E-state index contributed by atoms with van der Waals surface area (Å²) in [5.41, 5.74) is -0.0551. The van der Waals surface area contributed by atoms with Gasteiger partial charge in [0.2, 0.25) is 0 Å². The van der Waals surface area contributed by atoms with Crippen LogP contribution in [0.4, 0.5) is 17.6 Å². The number of benzene rings is 2. The molecule has 2 aromatic carbocycles. The van der Waals surface area contributed by atoms with Crippen molar-refractivity contribution >= 4 is 44.7 Å². The summed E-state index contributed by atoms with van der Waals surface area (Å²) in [4.78, 5) is 17.2. The van der Waals surface area contributed by atoms with Crippen LogP contribution < -0.4 is 5.32 Å². The van der Waals surface area contributed by atoms with Crippen LogP contribution in [0.1, 0.15) is 45.5 Å². The first-order valence-electron chi connectivity index (χ1n) is 11.2. The largest absolute Gasteiger partial charge is 0.400 e. The van der Waals surface area contributed by atoms with E-state index < -0.39 is 56.2 Å². The van der Waals surface area contributed by atoms with Gasteiger partial charge in [-0.15, -0.1) is 0 Å². The van der Waals surface area contributed by atoms with Crippen molar-refractivity contribution in [1.82, 2.24) is 5.32 Å². The van der Waals surface area contributed by atoms with Gasteiger partial charge in [-0.3, -0.25) is 9.79 Å². The summed E-state index contributed by atoms with van der Waals surface area (Å²) < 4.78 is 80.6. The molecule has 0 spiro atoms. The minimum absolute atomic E-state index is 0.132. The molecule has 5 nitrogen and oxygen atoms in total. The molecular weight excluding hydrogens is 555 g/mol. The summed E-state index contributed by atoms with van der Waals surface area (Å²) >= 11 is 11.6. The summed E-state index contributed by atoms with van der Waals surface area (Å²) in [6.45, 7) is -0.615. The van der Waals surface area contributed by atoms with Gasteiger partial charge in [0.1, 0.15) is 5.41 Å². The third kappa shape index (κ3) is 4.49. The maximum absolute atomic E-state index is 14.5. The van der Waals surface area contributed by atoms with Crippen molar-refractivity contribution in [1.29, 1.82) is 0 Å². The minimum atomic E-state index is -4.73. The van der Waals surface area contributed by atoms with Crippen molar-refractivity contribution in [2.45, 2.75) is 37.3 Å². The molecule has 1 N–H and O–H groups in total. The number of alkyl halides is 3. The zero-order valence-electron chi connectivity index (χ0n) is 18.9. The van der Waals surface area contributed by atoms with Gasteiger partial charge in [-0.25, -0.2) is 12.8 Å². The van der Waals surface area contributed by atoms with Crippen LogP contribution in [-0.2, 0) is 28.1 Å². The second-order valence-corrected chi connectivity index (χ2v) is 11.7. The highest BCUT2D eigenvalue weighted by molar-refractivity contribution is 7.97. The number of halogens is 6. The molecule has 3 aliphatic rings. The lowest BCUT2D eigenvalue weighted by Gasteiger charge is -2.32. The van der Waals surface area contributed by atoms with Gasteiger partial charge in [-0.1, -0.05) is 29.3 Å². The van der Waals surface area contributed by atoms with E-state index in [-0.39, 0.29) is 17.0 Å². The molecule has 0 saturated heterocycles. The second kappa shape index (κ2) is 8.96. The van der Waals surface area contributed by atoms with Crippen LogP contribution in [-0.4, -0.2) is 32.8 Å². The average molecular weight is 573 g/mol. The molecule has 2 heterocycles. The predicted molar refractivity (Wildman–Crippen MR) is 132 cm³/mol. The number of sulfone groups is 1.